The van der Waals surface area contributed by atoms with Crippen LogP contribution in [0.1, 0.15) is 34.8 Å². The van der Waals surface area contributed by atoms with Crippen LogP contribution in [0, 0.1) is 5.92 Å². The van der Waals surface area contributed by atoms with Gasteiger partial charge in [0.25, 0.3) is 5.91 Å². The number of carbonyl (C=O) groups is 1. The number of amides is 1. The predicted molar refractivity (Wildman–Crippen MR) is 90.4 cm³/mol. The highest BCUT2D eigenvalue weighted by Crippen LogP contribution is 2.38. The molecule has 2 aromatic heterocycles. The van der Waals surface area contributed by atoms with Crippen LogP contribution in [0.4, 0.5) is 0 Å². The molecule has 6 nitrogen and oxygen atoms in total. The highest BCUT2D eigenvalue weighted by molar-refractivity contribution is 5.98. The van der Waals surface area contributed by atoms with Crippen LogP contribution < -0.4 is 5.32 Å². The van der Waals surface area contributed by atoms with Crippen molar-refractivity contribution in [2.75, 3.05) is 0 Å². The Kier molecular flexibility index (Phi) is 3.61. The zero-order valence-corrected chi connectivity index (χ0v) is 13.4. The van der Waals surface area contributed by atoms with Gasteiger partial charge < -0.3 is 15.4 Å². The van der Waals surface area contributed by atoms with Crippen molar-refractivity contribution >= 4 is 16.8 Å². The van der Waals surface area contributed by atoms with Gasteiger partial charge in [-0.15, -0.1) is 0 Å². The normalized spacial score (nSPS) is 21.4. The molecule has 1 aliphatic carbocycles. The lowest BCUT2D eigenvalue weighted by molar-refractivity contribution is 0.0235. The van der Waals surface area contributed by atoms with Gasteiger partial charge in [0.15, 0.2) is 0 Å². The van der Waals surface area contributed by atoms with Gasteiger partial charge in [0.2, 0.25) is 0 Å². The third-order valence-electron chi connectivity index (χ3n) is 4.81. The van der Waals surface area contributed by atoms with Gasteiger partial charge in [-0.3, -0.25) is 9.48 Å². The molecule has 0 bridgehead atoms. The summed E-state index contributed by atoms with van der Waals surface area (Å²) in [6.45, 7) is 0. The number of benzene rings is 1. The standard InChI is InChI=1S/C18H20N4O2/c1-22-10-14(9-20-22)17(13-7-15(23)8-13)21-18(24)12-2-3-16-11(6-12)4-5-19-16/h2-6,9-10,13,15,17,19,23H,7-8H2,1H3,(H,21,24). The fourth-order valence-electron chi connectivity index (χ4n) is 3.40. The Hall–Kier alpha value is -2.60. The van der Waals surface area contributed by atoms with Crippen molar-refractivity contribution in [1.29, 1.82) is 0 Å². The average Bonchev–Trinajstić information content (AvgIpc) is 3.17. The molecule has 124 valence electrons. The van der Waals surface area contributed by atoms with Crippen molar-refractivity contribution in [3.63, 3.8) is 0 Å². The lowest BCUT2D eigenvalue weighted by Gasteiger charge is -2.37. The topological polar surface area (TPSA) is 82.9 Å². The minimum Gasteiger partial charge on any atom is -0.393 e. The molecule has 0 saturated heterocycles. The number of H-pyrrole nitrogens is 1. The number of nitrogens with one attached hydrogen (secondary N) is 2. The molecular formula is C18H20N4O2. The van der Waals surface area contributed by atoms with Gasteiger partial charge in [0, 0.05) is 41.5 Å². The maximum atomic E-state index is 12.7. The fourth-order valence-corrected chi connectivity index (χ4v) is 3.40. The van der Waals surface area contributed by atoms with Gasteiger partial charge in [0.05, 0.1) is 18.3 Å². The summed E-state index contributed by atoms with van der Waals surface area (Å²) in [7, 11) is 1.86. The molecule has 0 radical (unpaired) electrons. The number of fused-ring (bicyclic) bond motifs is 1. The van der Waals surface area contributed by atoms with Gasteiger partial charge in [-0.1, -0.05) is 0 Å². The average molecular weight is 324 g/mol. The molecule has 3 aromatic rings. The van der Waals surface area contributed by atoms with Crippen LogP contribution in [0.25, 0.3) is 10.9 Å². The molecule has 1 aromatic carbocycles. The highest BCUT2D eigenvalue weighted by Gasteiger charge is 2.36. The Labute approximate surface area is 139 Å². The number of aryl methyl sites for hydroxylation is 1. The number of rotatable bonds is 4. The number of aromatic amines is 1. The van der Waals surface area contributed by atoms with Crippen LogP contribution in [-0.2, 0) is 7.05 Å². The third-order valence-corrected chi connectivity index (χ3v) is 4.81. The fraction of sp³-hybridized carbons (Fsp3) is 0.333. The molecule has 1 unspecified atom stereocenters. The first kappa shape index (κ1) is 15.0. The summed E-state index contributed by atoms with van der Waals surface area (Å²) in [6, 6.07) is 7.45. The summed E-state index contributed by atoms with van der Waals surface area (Å²) in [5.74, 6) is 0.137. The van der Waals surface area contributed by atoms with Crippen LogP contribution in [-0.4, -0.2) is 31.9 Å². The number of hydrogen-bond donors (Lipinski definition) is 3. The second-order valence-corrected chi connectivity index (χ2v) is 6.56. The quantitative estimate of drug-likeness (QED) is 0.687. The Bertz CT molecular complexity index is 876. The maximum absolute atomic E-state index is 12.7. The minimum atomic E-state index is -0.262. The molecule has 1 aliphatic rings. The number of carbonyl (C=O) groups excluding carboxylic acids is 1. The first-order chi connectivity index (χ1) is 11.6. The minimum absolute atomic E-state index is 0.103. The van der Waals surface area contributed by atoms with E-state index < -0.39 is 0 Å². The van der Waals surface area contributed by atoms with E-state index >= 15 is 0 Å². The van der Waals surface area contributed by atoms with Crippen molar-refractivity contribution in [3.8, 4) is 0 Å². The molecule has 1 amide bonds. The molecule has 4 rings (SSSR count). The summed E-state index contributed by atoms with van der Waals surface area (Å²) < 4.78 is 1.73. The Morgan fingerprint density at radius 1 is 1.42 bits per heavy atom. The van der Waals surface area contributed by atoms with E-state index in [0.29, 0.717) is 18.4 Å². The van der Waals surface area contributed by atoms with E-state index in [0.717, 1.165) is 16.5 Å². The Balaban J connectivity index is 1.58. The molecular weight excluding hydrogens is 304 g/mol. The largest absolute Gasteiger partial charge is 0.393 e. The van der Waals surface area contributed by atoms with E-state index in [1.807, 2.05) is 43.7 Å². The molecule has 6 heteroatoms. The first-order valence-corrected chi connectivity index (χ1v) is 8.15. The van der Waals surface area contributed by atoms with Crippen molar-refractivity contribution < 1.29 is 9.90 Å². The zero-order chi connectivity index (χ0) is 16.7. The predicted octanol–water partition coefficient (Wildman–Crippen LogP) is 2.14. The van der Waals surface area contributed by atoms with E-state index in [1.54, 1.807) is 10.9 Å². The van der Waals surface area contributed by atoms with Crippen LogP contribution in [0.3, 0.4) is 0 Å². The van der Waals surface area contributed by atoms with Gasteiger partial charge >= 0.3 is 0 Å². The SMILES string of the molecule is Cn1cc(C(NC(=O)c2ccc3[nH]ccc3c2)C2CC(O)C2)cn1. The van der Waals surface area contributed by atoms with E-state index in [1.165, 1.54) is 0 Å². The van der Waals surface area contributed by atoms with Gasteiger partial charge in [0.1, 0.15) is 0 Å². The second-order valence-electron chi connectivity index (χ2n) is 6.56. The second kappa shape index (κ2) is 5.79. The summed E-state index contributed by atoms with van der Waals surface area (Å²) in [5.41, 5.74) is 2.62. The number of aliphatic hydroxyl groups excluding tert-OH is 1. The Morgan fingerprint density at radius 2 is 2.25 bits per heavy atom. The van der Waals surface area contributed by atoms with E-state index in [4.69, 9.17) is 0 Å². The lowest BCUT2D eigenvalue weighted by Crippen LogP contribution is -2.41. The van der Waals surface area contributed by atoms with Gasteiger partial charge in [-0.2, -0.15) is 5.10 Å². The highest BCUT2D eigenvalue weighted by atomic mass is 16.3. The number of aliphatic hydroxyl groups is 1. The first-order valence-electron chi connectivity index (χ1n) is 8.15. The van der Waals surface area contributed by atoms with Crippen LogP contribution in [0.2, 0.25) is 0 Å². The molecule has 0 spiro atoms. The maximum Gasteiger partial charge on any atom is 0.251 e. The van der Waals surface area contributed by atoms with E-state index in [9.17, 15) is 9.90 Å². The number of nitrogens with zero attached hydrogens (tertiary/aromatic N) is 2. The molecule has 1 atom stereocenters. The molecule has 24 heavy (non-hydrogen) atoms. The van der Waals surface area contributed by atoms with Crippen LogP contribution >= 0.6 is 0 Å². The van der Waals surface area contributed by atoms with Crippen molar-refractivity contribution in [3.05, 3.63) is 54.0 Å². The molecule has 3 N–H and O–H groups in total. The third kappa shape index (κ3) is 2.69. The van der Waals surface area contributed by atoms with Crippen molar-refractivity contribution in [1.82, 2.24) is 20.1 Å². The van der Waals surface area contributed by atoms with Crippen molar-refractivity contribution in [2.45, 2.75) is 25.0 Å². The van der Waals surface area contributed by atoms with E-state index in [2.05, 4.69) is 15.4 Å². The van der Waals surface area contributed by atoms with Gasteiger partial charge in [-0.25, -0.2) is 0 Å². The summed E-state index contributed by atoms with van der Waals surface area (Å²) >= 11 is 0. The number of aromatic nitrogens is 3. The monoisotopic (exact) mass is 324 g/mol. The zero-order valence-electron chi connectivity index (χ0n) is 13.4. The molecule has 2 heterocycles. The van der Waals surface area contributed by atoms with Crippen molar-refractivity contribution in [2.24, 2.45) is 13.0 Å². The summed E-state index contributed by atoms with van der Waals surface area (Å²) in [6.07, 6.45) is 6.71. The van der Waals surface area contributed by atoms with E-state index in [-0.39, 0.29) is 24.0 Å². The smallest absolute Gasteiger partial charge is 0.251 e. The number of hydrogen-bond acceptors (Lipinski definition) is 3. The van der Waals surface area contributed by atoms with Crippen LogP contribution in [0.15, 0.2) is 42.9 Å². The van der Waals surface area contributed by atoms with Crippen LogP contribution in [0.5, 0.6) is 0 Å². The lowest BCUT2D eigenvalue weighted by atomic mass is 9.75. The molecule has 1 fully saturated rings. The van der Waals surface area contributed by atoms with Gasteiger partial charge in [-0.05, 0) is 43.0 Å². The summed E-state index contributed by atoms with van der Waals surface area (Å²) in [5, 5.41) is 18.0. The Morgan fingerprint density at radius 3 is 2.96 bits per heavy atom. The summed E-state index contributed by atoms with van der Waals surface area (Å²) in [4.78, 5) is 15.8. The molecule has 1 saturated carbocycles. The molecule has 0 aliphatic heterocycles.